The average molecular weight is 318 g/mol. The molecule has 2 heterocycles. The Labute approximate surface area is 137 Å². The van der Waals surface area contributed by atoms with Gasteiger partial charge >= 0.3 is 0 Å². The molecule has 2 atom stereocenters. The van der Waals surface area contributed by atoms with E-state index in [2.05, 4.69) is 25.0 Å². The molecule has 0 fully saturated rings. The lowest BCUT2D eigenvalue weighted by molar-refractivity contribution is -0.905. The highest BCUT2D eigenvalue weighted by molar-refractivity contribution is 5.62. The third-order valence-electron chi connectivity index (χ3n) is 4.29. The first-order valence-corrected chi connectivity index (χ1v) is 7.93. The fraction of sp³-hybridized carbons (Fsp3) is 0.556. The van der Waals surface area contributed by atoms with Crippen LogP contribution in [0.25, 0.3) is 0 Å². The van der Waals surface area contributed by atoms with Gasteiger partial charge in [0.1, 0.15) is 0 Å². The summed E-state index contributed by atoms with van der Waals surface area (Å²) in [5, 5.41) is 9.87. The van der Waals surface area contributed by atoms with Crippen LogP contribution in [0.5, 0.6) is 17.2 Å². The number of nitrogens with one attached hydrogen (secondary N) is 1. The van der Waals surface area contributed by atoms with Gasteiger partial charge in [-0.1, -0.05) is 5.92 Å². The lowest BCUT2D eigenvalue weighted by atomic mass is 9.91. The summed E-state index contributed by atoms with van der Waals surface area (Å²) in [6.07, 6.45) is 1.40. The van der Waals surface area contributed by atoms with Gasteiger partial charge in [-0.05, 0) is 31.4 Å². The summed E-state index contributed by atoms with van der Waals surface area (Å²) >= 11 is 0. The fourth-order valence-electron chi connectivity index (χ4n) is 3.09. The van der Waals surface area contributed by atoms with E-state index in [9.17, 15) is 5.11 Å². The normalized spacial score (nSPS) is 22.1. The highest BCUT2D eigenvalue weighted by Gasteiger charge is 2.35. The summed E-state index contributed by atoms with van der Waals surface area (Å²) in [5.74, 6) is 8.63. The van der Waals surface area contributed by atoms with Crippen molar-refractivity contribution in [2.24, 2.45) is 0 Å². The van der Waals surface area contributed by atoms with Crippen LogP contribution < -0.4 is 19.1 Å². The predicted octanol–water partition coefficient (Wildman–Crippen LogP) is 0.700. The Kier molecular flexibility index (Phi) is 4.13. The van der Waals surface area contributed by atoms with Crippen LogP contribution in [0.4, 0.5) is 0 Å². The second-order valence-corrected chi connectivity index (χ2v) is 6.81. The summed E-state index contributed by atoms with van der Waals surface area (Å²) in [4.78, 5) is 1.32. The Morgan fingerprint density at radius 2 is 2.22 bits per heavy atom. The van der Waals surface area contributed by atoms with Crippen LogP contribution in [-0.2, 0) is 6.42 Å². The summed E-state index contributed by atoms with van der Waals surface area (Å²) in [6.45, 7) is 4.77. The Bertz CT molecular complexity index is 666. The number of benzene rings is 1. The van der Waals surface area contributed by atoms with Gasteiger partial charge in [0.15, 0.2) is 17.5 Å². The van der Waals surface area contributed by atoms with Crippen molar-refractivity contribution in [3.63, 3.8) is 0 Å². The number of quaternary nitrogens is 1. The standard InChI is InChI=1S/C18H23NO4/c1-18(2,20)8-5-6-13-15-12(7-9-19(13)3)10-14-16(17(15)21-4)23-11-22-14/h10,13,20H,7-9,11H2,1-4H3/p+1/t13-/m1/s1. The number of methoxy groups -OCH3 is 1. The van der Waals surface area contributed by atoms with Gasteiger partial charge in [0.05, 0.1) is 31.9 Å². The molecule has 0 radical (unpaired) electrons. The molecule has 2 aliphatic heterocycles. The molecule has 1 aromatic rings. The first kappa shape index (κ1) is 16.0. The zero-order valence-electron chi connectivity index (χ0n) is 14.2. The summed E-state index contributed by atoms with van der Waals surface area (Å²) < 4.78 is 16.7. The van der Waals surface area contributed by atoms with Crippen LogP contribution in [0.3, 0.4) is 0 Å². The van der Waals surface area contributed by atoms with Gasteiger partial charge in [-0.15, -0.1) is 0 Å². The Morgan fingerprint density at radius 3 is 2.91 bits per heavy atom. The van der Waals surface area contributed by atoms with Crippen molar-refractivity contribution in [1.82, 2.24) is 0 Å². The van der Waals surface area contributed by atoms with Gasteiger partial charge in [-0.2, -0.15) is 0 Å². The lowest BCUT2D eigenvalue weighted by Gasteiger charge is -2.30. The van der Waals surface area contributed by atoms with Crippen LogP contribution >= 0.6 is 0 Å². The van der Waals surface area contributed by atoms with E-state index in [1.54, 1.807) is 21.0 Å². The number of aliphatic hydroxyl groups is 1. The fourth-order valence-corrected chi connectivity index (χ4v) is 3.09. The molecule has 0 saturated carbocycles. The minimum atomic E-state index is -0.780. The third-order valence-corrected chi connectivity index (χ3v) is 4.29. The van der Waals surface area contributed by atoms with E-state index in [1.807, 2.05) is 0 Å². The zero-order valence-corrected chi connectivity index (χ0v) is 14.2. The van der Waals surface area contributed by atoms with Crippen molar-refractivity contribution >= 4 is 0 Å². The van der Waals surface area contributed by atoms with E-state index in [1.165, 1.54) is 10.5 Å². The first-order chi connectivity index (χ1) is 10.9. The second kappa shape index (κ2) is 5.95. The van der Waals surface area contributed by atoms with Crippen molar-refractivity contribution in [3.8, 4) is 29.1 Å². The van der Waals surface area contributed by atoms with Crippen LogP contribution in [0.2, 0.25) is 0 Å². The molecule has 1 aromatic carbocycles. The SMILES string of the molecule is COc1c2c(cc3c1[C@@H](C#CCC(C)(C)O)[NH+](C)CC3)OCO2. The first-order valence-electron chi connectivity index (χ1n) is 7.93. The van der Waals surface area contributed by atoms with Crippen molar-refractivity contribution in [2.75, 3.05) is 27.5 Å². The molecule has 0 spiro atoms. The molecule has 1 unspecified atom stereocenters. The van der Waals surface area contributed by atoms with Crippen LogP contribution in [0, 0.1) is 11.8 Å². The smallest absolute Gasteiger partial charge is 0.231 e. The number of likely N-dealkylation sites (N-methyl/N-ethyl adjacent to an activating group) is 1. The molecule has 2 N–H and O–H groups in total. The molecule has 124 valence electrons. The van der Waals surface area contributed by atoms with Crippen LogP contribution in [0.15, 0.2) is 6.07 Å². The highest BCUT2D eigenvalue weighted by Crippen LogP contribution is 2.47. The van der Waals surface area contributed by atoms with Crippen molar-refractivity contribution in [3.05, 3.63) is 17.2 Å². The molecular formula is C18H24NO4+. The second-order valence-electron chi connectivity index (χ2n) is 6.81. The van der Waals surface area contributed by atoms with Crippen molar-refractivity contribution in [1.29, 1.82) is 0 Å². The van der Waals surface area contributed by atoms with E-state index in [4.69, 9.17) is 14.2 Å². The van der Waals surface area contributed by atoms with Gasteiger partial charge in [0, 0.05) is 12.8 Å². The molecule has 2 aliphatic rings. The lowest BCUT2D eigenvalue weighted by Crippen LogP contribution is -3.10. The van der Waals surface area contributed by atoms with Gasteiger partial charge in [0.25, 0.3) is 0 Å². The average Bonchev–Trinajstić information content (AvgIpc) is 2.94. The molecule has 3 rings (SSSR count). The molecule has 0 saturated heterocycles. The molecule has 5 nitrogen and oxygen atoms in total. The summed E-state index contributed by atoms with van der Waals surface area (Å²) in [5.41, 5.74) is 1.51. The van der Waals surface area contributed by atoms with Crippen LogP contribution in [0.1, 0.15) is 37.4 Å². The van der Waals surface area contributed by atoms with Crippen molar-refractivity contribution < 1.29 is 24.2 Å². The Morgan fingerprint density at radius 1 is 1.43 bits per heavy atom. The predicted molar refractivity (Wildman–Crippen MR) is 86.0 cm³/mol. The molecule has 0 aromatic heterocycles. The number of hydrogen-bond acceptors (Lipinski definition) is 4. The molecule has 23 heavy (non-hydrogen) atoms. The van der Waals surface area contributed by atoms with Gasteiger partial charge < -0.3 is 24.2 Å². The summed E-state index contributed by atoms with van der Waals surface area (Å²) in [7, 11) is 3.79. The minimum Gasteiger partial charge on any atom is -0.492 e. The van der Waals surface area contributed by atoms with Crippen molar-refractivity contribution in [2.45, 2.75) is 38.3 Å². The summed E-state index contributed by atoms with van der Waals surface area (Å²) in [6, 6.07) is 2.06. The maximum Gasteiger partial charge on any atom is 0.231 e. The molecular weight excluding hydrogens is 294 g/mol. The van der Waals surface area contributed by atoms with E-state index in [0.717, 1.165) is 30.0 Å². The van der Waals surface area contributed by atoms with Gasteiger partial charge in [-0.25, -0.2) is 0 Å². The zero-order chi connectivity index (χ0) is 16.6. The Balaban J connectivity index is 2.04. The largest absolute Gasteiger partial charge is 0.492 e. The van der Waals surface area contributed by atoms with E-state index < -0.39 is 5.60 Å². The number of hydrogen-bond donors (Lipinski definition) is 2. The monoisotopic (exact) mass is 318 g/mol. The topological polar surface area (TPSA) is 52.4 Å². The van der Waals surface area contributed by atoms with E-state index in [0.29, 0.717) is 12.2 Å². The van der Waals surface area contributed by atoms with Crippen LogP contribution in [-0.4, -0.2) is 38.2 Å². The number of rotatable bonds is 2. The van der Waals surface area contributed by atoms with Gasteiger partial charge in [-0.3, -0.25) is 0 Å². The molecule has 5 heteroatoms. The maximum absolute atomic E-state index is 9.87. The van der Waals surface area contributed by atoms with E-state index in [-0.39, 0.29) is 12.8 Å². The quantitative estimate of drug-likeness (QED) is 0.788. The number of ether oxygens (including phenoxy) is 3. The highest BCUT2D eigenvalue weighted by atomic mass is 16.7. The Hall–Kier alpha value is -1.90. The molecule has 0 bridgehead atoms. The minimum absolute atomic E-state index is 0.00514. The number of fused-ring (bicyclic) bond motifs is 2. The molecule has 0 amide bonds. The van der Waals surface area contributed by atoms with E-state index >= 15 is 0 Å². The third kappa shape index (κ3) is 3.10. The molecule has 0 aliphatic carbocycles. The maximum atomic E-state index is 9.87. The van der Waals surface area contributed by atoms with Gasteiger partial charge in [0.2, 0.25) is 12.5 Å².